The predicted octanol–water partition coefficient (Wildman–Crippen LogP) is 0.659. The van der Waals surface area contributed by atoms with Crippen molar-refractivity contribution in [3.05, 3.63) is 30.1 Å². The van der Waals surface area contributed by atoms with Gasteiger partial charge in [-0.2, -0.15) is 0 Å². The second-order valence-electron chi connectivity index (χ2n) is 3.84. The molecule has 1 aromatic rings. The van der Waals surface area contributed by atoms with E-state index in [1.165, 1.54) is 38.7 Å². The first-order valence-corrected chi connectivity index (χ1v) is 5.62. The van der Waals surface area contributed by atoms with Crippen LogP contribution in [0.2, 0.25) is 0 Å². The molecule has 0 radical (unpaired) electrons. The monoisotopic (exact) mass is 265 g/mol. The molecule has 0 aliphatic carbocycles. The van der Waals surface area contributed by atoms with Gasteiger partial charge >= 0.3 is 5.97 Å². The molecule has 6 nitrogen and oxygen atoms in total. The Morgan fingerprint density at radius 3 is 2.37 bits per heavy atom. The molecular formula is C13H15NO5. The Balaban J connectivity index is 2.80. The third-order valence-electron chi connectivity index (χ3n) is 2.55. The lowest BCUT2D eigenvalue weighted by Crippen LogP contribution is -2.30. The number of aromatic nitrogens is 1. The molecule has 19 heavy (non-hydrogen) atoms. The number of hydrogen-bond donors (Lipinski definition) is 0. The van der Waals surface area contributed by atoms with E-state index < -0.39 is 17.7 Å². The average molecular weight is 265 g/mol. The smallest absolute Gasteiger partial charge is 0.316 e. The topological polar surface area (TPSA) is 82.6 Å². The molecule has 1 atom stereocenters. The van der Waals surface area contributed by atoms with Gasteiger partial charge in [-0.05, 0) is 12.1 Å². The first-order chi connectivity index (χ1) is 9.10. The Morgan fingerprint density at radius 2 is 1.84 bits per heavy atom. The van der Waals surface area contributed by atoms with Gasteiger partial charge in [0.2, 0.25) is 0 Å². The molecule has 0 bridgehead atoms. The van der Waals surface area contributed by atoms with Crippen molar-refractivity contribution in [2.45, 2.75) is 6.42 Å². The van der Waals surface area contributed by atoms with Crippen LogP contribution in [0, 0.1) is 5.92 Å². The summed E-state index contributed by atoms with van der Waals surface area (Å²) < 4.78 is 9.22. The Labute approximate surface area is 110 Å². The van der Waals surface area contributed by atoms with Crippen molar-refractivity contribution < 1.29 is 23.9 Å². The first kappa shape index (κ1) is 15.0. The number of ketones is 2. The molecule has 1 heterocycles. The fraction of sp³-hybridized carbons (Fsp3) is 0.385. The predicted molar refractivity (Wildman–Crippen MR) is 65.6 cm³/mol. The summed E-state index contributed by atoms with van der Waals surface area (Å²) in [5.41, 5.74) is 0.397. The Kier molecular flexibility index (Phi) is 5.81. The van der Waals surface area contributed by atoms with Crippen molar-refractivity contribution in [1.29, 1.82) is 0 Å². The van der Waals surface area contributed by atoms with E-state index in [2.05, 4.69) is 14.5 Å². The zero-order chi connectivity index (χ0) is 14.3. The van der Waals surface area contributed by atoms with Crippen molar-refractivity contribution in [2.24, 2.45) is 5.92 Å². The number of pyridine rings is 1. The van der Waals surface area contributed by atoms with E-state index in [9.17, 15) is 14.4 Å². The maximum absolute atomic E-state index is 12.0. The quantitative estimate of drug-likeness (QED) is 0.409. The highest BCUT2D eigenvalue weighted by atomic mass is 16.5. The maximum atomic E-state index is 12.0. The second kappa shape index (κ2) is 7.38. The summed E-state index contributed by atoms with van der Waals surface area (Å²) in [6.45, 7) is -0.233. The van der Waals surface area contributed by atoms with Crippen molar-refractivity contribution in [3.63, 3.8) is 0 Å². The van der Waals surface area contributed by atoms with E-state index in [0.717, 1.165) is 0 Å². The number of carbonyl (C=O) groups is 3. The molecular weight excluding hydrogens is 250 g/mol. The van der Waals surface area contributed by atoms with Crippen LogP contribution in [0.5, 0.6) is 0 Å². The molecule has 102 valence electrons. The third kappa shape index (κ3) is 4.26. The van der Waals surface area contributed by atoms with Gasteiger partial charge in [0.25, 0.3) is 0 Å². The van der Waals surface area contributed by atoms with Gasteiger partial charge in [-0.25, -0.2) is 0 Å². The molecule has 0 aliphatic rings. The van der Waals surface area contributed by atoms with Crippen molar-refractivity contribution >= 4 is 17.5 Å². The van der Waals surface area contributed by atoms with Gasteiger partial charge in [0, 0.05) is 31.5 Å². The third-order valence-corrected chi connectivity index (χ3v) is 2.55. The second-order valence-corrected chi connectivity index (χ2v) is 3.84. The molecule has 0 N–H and O–H groups in total. The molecule has 0 saturated carbocycles. The fourth-order valence-electron chi connectivity index (χ4n) is 1.55. The molecule has 0 aromatic carbocycles. The van der Waals surface area contributed by atoms with E-state index in [4.69, 9.17) is 0 Å². The van der Waals surface area contributed by atoms with E-state index in [1.807, 2.05) is 0 Å². The summed E-state index contributed by atoms with van der Waals surface area (Å²) >= 11 is 0. The van der Waals surface area contributed by atoms with Crippen LogP contribution in [0.1, 0.15) is 16.8 Å². The summed E-state index contributed by atoms with van der Waals surface area (Å²) in [6, 6.07) is 3.05. The van der Waals surface area contributed by atoms with Crippen LogP contribution in [0.25, 0.3) is 0 Å². The lowest BCUT2D eigenvalue weighted by molar-refractivity contribution is -0.150. The summed E-state index contributed by atoms with van der Waals surface area (Å²) in [7, 11) is 2.52. The number of Topliss-reactive ketones (excluding diaryl/α,β-unsaturated/α-hetero) is 2. The summed E-state index contributed by atoms with van der Waals surface area (Å²) in [4.78, 5) is 39.0. The van der Waals surface area contributed by atoms with E-state index >= 15 is 0 Å². The highest BCUT2D eigenvalue weighted by molar-refractivity contribution is 6.06. The van der Waals surface area contributed by atoms with Gasteiger partial charge in [-0.15, -0.1) is 0 Å². The average Bonchev–Trinajstić information content (AvgIpc) is 2.44. The van der Waals surface area contributed by atoms with Gasteiger partial charge in [-0.3, -0.25) is 19.4 Å². The minimum Gasteiger partial charge on any atom is -0.468 e. The van der Waals surface area contributed by atoms with Crippen LogP contribution in [-0.4, -0.2) is 43.3 Å². The lowest BCUT2D eigenvalue weighted by atomic mass is 9.95. The SMILES string of the molecule is COCC(=O)C(CC(=O)c1ccncc1)C(=O)OC. The minimum atomic E-state index is -1.13. The number of esters is 1. The molecule has 0 fully saturated rings. The fourth-order valence-corrected chi connectivity index (χ4v) is 1.55. The van der Waals surface area contributed by atoms with Crippen LogP contribution in [-0.2, 0) is 19.1 Å². The van der Waals surface area contributed by atoms with Crippen molar-refractivity contribution in [3.8, 4) is 0 Å². The summed E-state index contributed by atoms with van der Waals surface area (Å²) in [6.07, 6.45) is 2.70. The minimum absolute atomic E-state index is 0.233. The molecule has 0 aliphatic heterocycles. The number of nitrogens with zero attached hydrogens (tertiary/aromatic N) is 1. The molecule has 1 aromatic heterocycles. The molecule has 0 spiro atoms. The van der Waals surface area contributed by atoms with E-state index in [1.54, 1.807) is 0 Å². The lowest BCUT2D eigenvalue weighted by Gasteiger charge is -2.12. The molecule has 1 rings (SSSR count). The van der Waals surface area contributed by atoms with Crippen LogP contribution in [0.3, 0.4) is 0 Å². The zero-order valence-electron chi connectivity index (χ0n) is 10.8. The Morgan fingerprint density at radius 1 is 1.21 bits per heavy atom. The number of carbonyl (C=O) groups excluding carboxylic acids is 3. The largest absolute Gasteiger partial charge is 0.468 e. The van der Waals surface area contributed by atoms with Crippen molar-refractivity contribution in [1.82, 2.24) is 4.98 Å². The van der Waals surface area contributed by atoms with E-state index in [0.29, 0.717) is 5.56 Å². The van der Waals surface area contributed by atoms with Gasteiger partial charge in [0.15, 0.2) is 11.6 Å². The molecule has 1 unspecified atom stereocenters. The van der Waals surface area contributed by atoms with Crippen molar-refractivity contribution in [2.75, 3.05) is 20.8 Å². The highest BCUT2D eigenvalue weighted by Gasteiger charge is 2.30. The van der Waals surface area contributed by atoms with E-state index in [-0.39, 0.29) is 18.8 Å². The standard InChI is InChI=1S/C13H15NO5/c1-18-8-12(16)10(13(17)19-2)7-11(15)9-3-5-14-6-4-9/h3-6,10H,7-8H2,1-2H3. The maximum Gasteiger partial charge on any atom is 0.316 e. The molecule has 0 saturated heterocycles. The Hall–Kier alpha value is -2.08. The highest BCUT2D eigenvalue weighted by Crippen LogP contribution is 2.13. The number of rotatable bonds is 7. The van der Waals surface area contributed by atoms with Crippen LogP contribution in [0.15, 0.2) is 24.5 Å². The number of methoxy groups -OCH3 is 2. The first-order valence-electron chi connectivity index (χ1n) is 5.62. The van der Waals surface area contributed by atoms with Gasteiger partial charge in [0.1, 0.15) is 12.5 Å². The van der Waals surface area contributed by atoms with Gasteiger partial charge < -0.3 is 9.47 Å². The molecule has 6 heteroatoms. The Bertz CT molecular complexity index is 457. The van der Waals surface area contributed by atoms with Gasteiger partial charge in [-0.1, -0.05) is 0 Å². The number of ether oxygens (including phenoxy) is 2. The normalized spacial score (nSPS) is 11.7. The summed E-state index contributed by atoms with van der Waals surface area (Å²) in [5, 5.41) is 0. The van der Waals surface area contributed by atoms with Gasteiger partial charge in [0.05, 0.1) is 7.11 Å². The zero-order valence-corrected chi connectivity index (χ0v) is 10.8. The van der Waals surface area contributed by atoms with Crippen LogP contribution < -0.4 is 0 Å². The van der Waals surface area contributed by atoms with Crippen LogP contribution >= 0.6 is 0 Å². The molecule has 0 amide bonds. The number of hydrogen-bond acceptors (Lipinski definition) is 6. The van der Waals surface area contributed by atoms with Crippen LogP contribution in [0.4, 0.5) is 0 Å². The summed E-state index contributed by atoms with van der Waals surface area (Å²) in [5.74, 6) is -2.66.